The van der Waals surface area contributed by atoms with Crippen LogP contribution in [0.2, 0.25) is 0 Å². The number of allylic oxidation sites excluding steroid dienone is 1. The zero-order valence-electron chi connectivity index (χ0n) is 14.2. The number of hydrogen-bond acceptors (Lipinski definition) is 2. The second-order valence-electron chi connectivity index (χ2n) is 5.82. The number of para-hydroxylation sites is 1. The molecule has 0 aliphatic rings. The molecule has 0 saturated heterocycles. The van der Waals surface area contributed by atoms with Crippen LogP contribution in [0.3, 0.4) is 0 Å². The van der Waals surface area contributed by atoms with Gasteiger partial charge in [0.1, 0.15) is 0 Å². The Balaban J connectivity index is 2.53. The van der Waals surface area contributed by atoms with Gasteiger partial charge in [0.05, 0.1) is 10.6 Å². The third kappa shape index (κ3) is 4.61. The van der Waals surface area contributed by atoms with E-state index in [1.165, 1.54) is 4.31 Å². The highest BCUT2D eigenvalue weighted by molar-refractivity contribution is 9.10. The van der Waals surface area contributed by atoms with Gasteiger partial charge in [-0.3, -0.25) is 4.31 Å². The number of aryl methyl sites for hydroxylation is 1. The van der Waals surface area contributed by atoms with Gasteiger partial charge in [-0.05, 0) is 59.5 Å². The van der Waals surface area contributed by atoms with Crippen LogP contribution in [-0.2, 0) is 10.0 Å². The summed E-state index contributed by atoms with van der Waals surface area (Å²) in [6, 6.07) is 14.2. The first kappa shape index (κ1) is 19.5. The van der Waals surface area contributed by atoms with Gasteiger partial charge in [0.25, 0.3) is 10.0 Å². The lowest BCUT2D eigenvalue weighted by molar-refractivity contribution is 0.580. The highest BCUT2D eigenvalue weighted by Gasteiger charge is 2.27. The third-order valence-corrected chi connectivity index (χ3v) is 6.40. The fourth-order valence-electron chi connectivity index (χ4n) is 2.49. The van der Waals surface area contributed by atoms with E-state index in [1.54, 1.807) is 42.5 Å². The Kier molecular flexibility index (Phi) is 6.62. The molecule has 0 spiro atoms. The quantitative estimate of drug-likeness (QED) is 0.542. The number of sulfonamides is 1. The number of rotatable bonds is 8. The summed E-state index contributed by atoms with van der Waals surface area (Å²) in [7, 11) is -3.70. The third-order valence-electron chi connectivity index (χ3n) is 3.93. The molecule has 0 bridgehead atoms. The van der Waals surface area contributed by atoms with E-state index < -0.39 is 10.0 Å². The minimum absolute atomic E-state index is 0.0233. The predicted octanol–water partition coefficient (Wildman–Crippen LogP) is 5.33. The van der Waals surface area contributed by atoms with E-state index in [9.17, 15) is 8.42 Å². The van der Waals surface area contributed by atoms with Crippen molar-refractivity contribution in [2.75, 3.05) is 10.8 Å². The summed E-state index contributed by atoms with van der Waals surface area (Å²) in [6.07, 6.45) is 4.22. The Hall–Kier alpha value is -1.85. The van der Waals surface area contributed by atoms with Crippen LogP contribution in [0.25, 0.3) is 0 Å². The molecule has 3 nitrogen and oxygen atoms in total. The maximum atomic E-state index is 13.3. The van der Waals surface area contributed by atoms with E-state index >= 15 is 0 Å². The SMILES string of the molecule is C=CC[C@@H](C=C)CN(c1ccccc1Br)S(=O)(=O)c1ccc(C)cc1. The van der Waals surface area contributed by atoms with E-state index in [1.807, 2.05) is 25.1 Å². The van der Waals surface area contributed by atoms with Crippen LogP contribution in [0.5, 0.6) is 0 Å². The molecule has 5 heteroatoms. The summed E-state index contributed by atoms with van der Waals surface area (Å²) in [5, 5.41) is 0. The van der Waals surface area contributed by atoms with Crippen molar-refractivity contribution in [3.8, 4) is 0 Å². The minimum Gasteiger partial charge on any atom is -0.265 e. The maximum Gasteiger partial charge on any atom is 0.264 e. The molecule has 0 N–H and O–H groups in total. The lowest BCUT2D eigenvalue weighted by Crippen LogP contribution is -2.35. The number of anilines is 1. The molecule has 0 unspecified atom stereocenters. The Morgan fingerprint density at radius 1 is 1.12 bits per heavy atom. The zero-order valence-corrected chi connectivity index (χ0v) is 16.6. The van der Waals surface area contributed by atoms with Crippen molar-refractivity contribution in [1.82, 2.24) is 0 Å². The summed E-state index contributed by atoms with van der Waals surface area (Å²) in [5.74, 6) is -0.0233. The van der Waals surface area contributed by atoms with E-state index in [-0.39, 0.29) is 10.8 Å². The van der Waals surface area contributed by atoms with Crippen LogP contribution in [0, 0.1) is 12.8 Å². The van der Waals surface area contributed by atoms with Gasteiger partial charge in [-0.15, -0.1) is 13.2 Å². The molecular weight excluding hydrogens is 398 g/mol. The Labute approximate surface area is 158 Å². The van der Waals surface area contributed by atoms with Gasteiger partial charge >= 0.3 is 0 Å². The molecule has 0 aliphatic carbocycles. The van der Waals surface area contributed by atoms with Crippen molar-refractivity contribution in [2.24, 2.45) is 5.92 Å². The molecule has 0 heterocycles. The summed E-state index contributed by atoms with van der Waals surface area (Å²) in [5.41, 5.74) is 1.63. The Morgan fingerprint density at radius 2 is 1.76 bits per heavy atom. The van der Waals surface area contributed by atoms with Crippen molar-refractivity contribution in [1.29, 1.82) is 0 Å². The van der Waals surface area contributed by atoms with E-state index in [0.29, 0.717) is 18.7 Å². The van der Waals surface area contributed by atoms with Gasteiger partial charge in [0.2, 0.25) is 0 Å². The highest BCUT2D eigenvalue weighted by Crippen LogP contribution is 2.32. The molecule has 0 amide bonds. The first-order valence-corrected chi connectivity index (χ1v) is 10.2. The monoisotopic (exact) mass is 419 g/mol. The second kappa shape index (κ2) is 8.50. The normalized spacial score (nSPS) is 12.4. The van der Waals surface area contributed by atoms with Crippen LogP contribution < -0.4 is 4.31 Å². The largest absolute Gasteiger partial charge is 0.265 e. The van der Waals surface area contributed by atoms with Gasteiger partial charge in [-0.1, -0.05) is 42.0 Å². The fraction of sp³-hybridized carbons (Fsp3) is 0.200. The van der Waals surface area contributed by atoms with Gasteiger partial charge in [0.15, 0.2) is 0 Å². The van der Waals surface area contributed by atoms with Crippen LogP contribution in [-0.4, -0.2) is 15.0 Å². The predicted molar refractivity (Wildman–Crippen MR) is 108 cm³/mol. The van der Waals surface area contributed by atoms with Gasteiger partial charge in [-0.25, -0.2) is 8.42 Å². The molecule has 2 aromatic carbocycles. The first-order chi connectivity index (χ1) is 11.9. The fourth-order valence-corrected chi connectivity index (χ4v) is 4.65. The first-order valence-electron chi connectivity index (χ1n) is 7.97. The smallest absolute Gasteiger partial charge is 0.264 e. The molecule has 0 aliphatic heterocycles. The number of hydrogen-bond donors (Lipinski definition) is 0. The van der Waals surface area contributed by atoms with Crippen LogP contribution >= 0.6 is 15.9 Å². The van der Waals surface area contributed by atoms with E-state index in [2.05, 4.69) is 29.1 Å². The van der Waals surface area contributed by atoms with Crippen molar-refractivity contribution in [3.63, 3.8) is 0 Å². The molecule has 0 fully saturated rings. The second-order valence-corrected chi connectivity index (χ2v) is 8.54. The van der Waals surface area contributed by atoms with E-state index in [0.717, 1.165) is 10.0 Å². The molecule has 1 atom stereocenters. The molecule has 2 aromatic rings. The summed E-state index contributed by atoms with van der Waals surface area (Å²) in [6.45, 7) is 9.82. The number of halogens is 1. The molecule has 0 radical (unpaired) electrons. The average Bonchev–Trinajstić information content (AvgIpc) is 2.59. The van der Waals surface area contributed by atoms with Crippen LogP contribution in [0.1, 0.15) is 12.0 Å². The van der Waals surface area contributed by atoms with Gasteiger partial charge in [-0.2, -0.15) is 0 Å². The van der Waals surface area contributed by atoms with Gasteiger partial charge in [0, 0.05) is 11.0 Å². The Morgan fingerprint density at radius 3 is 2.32 bits per heavy atom. The van der Waals surface area contributed by atoms with Crippen molar-refractivity contribution >= 4 is 31.6 Å². The van der Waals surface area contributed by atoms with Gasteiger partial charge < -0.3 is 0 Å². The van der Waals surface area contributed by atoms with Crippen LogP contribution in [0.15, 0.2) is 83.2 Å². The molecule has 25 heavy (non-hydrogen) atoms. The van der Waals surface area contributed by atoms with E-state index in [4.69, 9.17) is 0 Å². The number of benzene rings is 2. The van der Waals surface area contributed by atoms with Crippen molar-refractivity contribution < 1.29 is 8.42 Å². The summed E-state index contributed by atoms with van der Waals surface area (Å²) >= 11 is 3.47. The lowest BCUT2D eigenvalue weighted by Gasteiger charge is -2.28. The van der Waals surface area contributed by atoms with Crippen LogP contribution in [0.4, 0.5) is 5.69 Å². The summed E-state index contributed by atoms with van der Waals surface area (Å²) < 4.78 is 28.8. The summed E-state index contributed by atoms with van der Waals surface area (Å²) in [4.78, 5) is 0.273. The van der Waals surface area contributed by atoms with Crippen molar-refractivity contribution in [3.05, 3.63) is 83.9 Å². The zero-order chi connectivity index (χ0) is 18.4. The standard InChI is InChI=1S/C20H22BrNO2S/c1-4-8-17(5-2)15-22(20-10-7-6-9-19(20)21)25(23,24)18-13-11-16(3)12-14-18/h4-7,9-14,17H,1-2,8,15H2,3H3/t17-/m1/s1. The number of nitrogens with zero attached hydrogens (tertiary/aromatic N) is 1. The topological polar surface area (TPSA) is 37.4 Å². The Bertz CT molecular complexity index is 844. The average molecular weight is 420 g/mol. The molecule has 0 aromatic heterocycles. The molecule has 2 rings (SSSR count). The molecule has 0 saturated carbocycles. The molecular formula is C20H22BrNO2S. The highest BCUT2D eigenvalue weighted by atomic mass is 79.9. The minimum atomic E-state index is -3.70. The molecule has 132 valence electrons. The van der Waals surface area contributed by atoms with Crippen molar-refractivity contribution in [2.45, 2.75) is 18.2 Å². The maximum absolute atomic E-state index is 13.3. The lowest BCUT2D eigenvalue weighted by atomic mass is 10.1.